The van der Waals surface area contributed by atoms with Crippen LogP contribution in [0.1, 0.15) is 37.6 Å². The molecule has 242 valence electrons. The number of nitrogens with one attached hydrogen (secondary N) is 1. The zero-order valence-corrected chi connectivity index (χ0v) is 28.0. The Morgan fingerprint density at radius 2 is 1.49 bits per heavy atom. The second kappa shape index (κ2) is 13.9. The largest absolute Gasteiger partial charge is 0.480 e. The lowest BCUT2D eigenvalue weighted by Gasteiger charge is -2.43. The molecule has 1 aliphatic heterocycles. The summed E-state index contributed by atoms with van der Waals surface area (Å²) in [7, 11) is 3.13. The molecular weight excluding hydrogens is 637 g/mol. The number of ether oxygens (including phenoxy) is 2. The van der Waals surface area contributed by atoms with Crippen molar-refractivity contribution >= 4 is 29.0 Å². The summed E-state index contributed by atoms with van der Waals surface area (Å²) in [5, 5.41) is 13.7. The summed E-state index contributed by atoms with van der Waals surface area (Å²) in [4.78, 5) is 32.5. The van der Waals surface area contributed by atoms with E-state index in [9.17, 15) is 10.1 Å². The number of methoxy groups -OCH3 is 2. The minimum absolute atomic E-state index is 0.328. The Balaban J connectivity index is 1.23. The summed E-state index contributed by atoms with van der Waals surface area (Å²) in [5.41, 5.74) is 5.00. The number of carbonyl (C=O) groups excluding carboxylic acids is 1. The maximum Gasteiger partial charge on any atom is 0.237 e. The normalized spacial score (nSPS) is 17.3. The van der Waals surface area contributed by atoms with Crippen molar-refractivity contribution in [1.29, 1.82) is 5.26 Å². The molecule has 0 spiro atoms. The van der Waals surface area contributed by atoms with Crippen LogP contribution in [0.25, 0.3) is 33.6 Å². The summed E-state index contributed by atoms with van der Waals surface area (Å²) in [6.45, 7) is 5.07. The van der Waals surface area contributed by atoms with Gasteiger partial charge in [-0.05, 0) is 25.8 Å². The fraction of sp³-hybridized carbons (Fsp3) is 0.371. The molecule has 0 amide bonds. The van der Waals surface area contributed by atoms with Crippen LogP contribution in [0.15, 0.2) is 48.8 Å². The molecule has 0 radical (unpaired) electrons. The van der Waals surface area contributed by atoms with Gasteiger partial charge >= 0.3 is 0 Å². The van der Waals surface area contributed by atoms with E-state index in [1.807, 2.05) is 43.3 Å². The smallest absolute Gasteiger partial charge is 0.237 e. The van der Waals surface area contributed by atoms with Gasteiger partial charge in [-0.3, -0.25) is 19.7 Å². The van der Waals surface area contributed by atoms with Crippen molar-refractivity contribution in [2.75, 3.05) is 33.9 Å². The molecule has 2 aliphatic rings. The average molecular weight is 673 g/mol. The quantitative estimate of drug-likeness (QED) is 0.191. The maximum atomic E-state index is 11.6. The Morgan fingerprint density at radius 3 is 2.02 bits per heavy atom. The number of rotatable bonds is 11. The molecule has 2 aromatic carbocycles. The van der Waals surface area contributed by atoms with Crippen molar-refractivity contribution in [1.82, 2.24) is 30.2 Å². The summed E-state index contributed by atoms with van der Waals surface area (Å²) >= 11 is 14.1. The van der Waals surface area contributed by atoms with E-state index in [0.717, 1.165) is 24.1 Å². The van der Waals surface area contributed by atoms with Crippen LogP contribution in [0.2, 0.25) is 10.0 Å². The van der Waals surface area contributed by atoms with Gasteiger partial charge in [-0.15, -0.1) is 0 Å². The van der Waals surface area contributed by atoms with Crippen molar-refractivity contribution in [3.63, 3.8) is 0 Å². The van der Waals surface area contributed by atoms with Gasteiger partial charge in [0, 0.05) is 61.3 Å². The monoisotopic (exact) mass is 671 g/mol. The molecule has 1 saturated heterocycles. The molecule has 1 aliphatic carbocycles. The van der Waals surface area contributed by atoms with E-state index in [2.05, 4.69) is 26.3 Å². The zero-order chi connectivity index (χ0) is 33.1. The van der Waals surface area contributed by atoms with Gasteiger partial charge in [0.1, 0.15) is 17.2 Å². The predicted molar refractivity (Wildman–Crippen MR) is 180 cm³/mol. The molecule has 4 aromatic rings. The molecule has 0 bridgehead atoms. The molecular formula is C35H35Cl2N7O3. The molecule has 1 atom stereocenters. The number of aromatic nitrogens is 4. The highest BCUT2D eigenvalue weighted by molar-refractivity contribution is 6.39. The molecule has 0 unspecified atom stereocenters. The summed E-state index contributed by atoms with van der Waals surface area (Å²) < 4.78 is 11.2. The number of benzene rings is 2. The van der Waals surface area contributed by atoms with E-state index < -0.39 is 0 Å². The van der Waals surface area contributed by atoms with Crippen LogP contribution in [-0.4, -0.2) is 64.5 Å². The number of likely N-dealkylation sites (tertiary alicyclic amines) is 1. The molecule has 3 heterocycles. The first kappa shape index (κ1) is 32.8. The van der Waals surface area contributed by atoms with Crippen molar-refractivity contribution in [3.05, 3.63) is 70.2 Å². The van der Waals surface area contributed by atoms with E-state index >= 15 is 0 Å². The van der Waals surface area contributed by atoms with Crippen LogP contribution in [0.3, 0.4) is 0 Å². The highest BCUT2D eigenvalue weighted by atomic mass is 35.5. The average Bonchev–Trinajstić information content (AvgIpc) is 3.49. The molecule has 1 N–H and O–H groups in total. The maximum absolute atomic E-state index is 11.6. The molecule has 10 nitrogen and oxygen atoms in total. The third-order valence-electron chi connectivity index (χ3n) is 8.71. The molecule has 2 aromatic heterocycles. The number of carbonyl (C=O) groups is 1. The van der Waals surface area contributed by atoms with Gasteiger partial charge in [-0.25, -0.2) is 9.97 Å². The number of ketones is 1. The third-order valence-corrected chi connectivity index (χ3v) is 9.53. The van der Waals surface area contributed by atoms with Gasteiger partial charge in [0.2, 0.25) is 11.8 Å². The van der Waals surface area contributed by atoms with Gasteiger partial charge < -0.3 is 14.8 Å². The first-order chi connectivity index (χ1) is 22.7. The van der Waals surface area contributed by atoms with Crippen molar-refractivity contribution < 1.29 is 14.3 Å². The second-order valence-corrected chi connectivity index (χ2v) is 13.1. The van der Waals surface area contributed by atoms with Crippen molar-refractivity contribution in [3.8, 4) is 51.5 Å². The lowest BCUT2D eigenvalue weighted by atomic mass is 9.84. The lowest BCUT2D eigenvalue weighted by Crippen LogP contribution is -2.53. The van der Waals surface area contributed by atoms with Crippen LogP contribution in [-0.2, 0) is 17.9 Å². The van der Waals surface area contributed by atoms with Crippen molar-refractivity contribution in [2.45, 2.75) is 39.3 Å². The van der Waals surface area contributed by atoms with Gasteiger partial charge in [0.25, 0.3) is 0 Å². The minimum atomic E-state index is -0.328. The fourth-order valence-electron chi connectivity index (χ4n) is 6.28. The summed E-state index contributed by atoms with van der Waals surface area (Å²) in [6.07, 6.45) is 5.60. The Hall–Kier alpha value is -4.14. The predicted octanol–water partition coefficient (Wildman–Crippen LogP) is 6.40. The highest BCUT2D eigenvalue weighted by Gasteiger charge is 2.39. The van der Waals surface area contributed by atoms with E-state index in [4.69, 9.17) is 42.6 Å². The van der Waals surface area contributed by atoms with E-state index in [1.54, 1.807) is 26.6 Å². The Labute approximate surface area is 284 Å². The minimum Gasteiger partial charge on any atom is -0.480 e. The molecule has 1 saturated carbocycles. The van der Waals surface area contributed by atoms with E-state index in [-0.39, 0.29) is 5.41 Å². The molecule has 2 fully saturated rings. The lowest BCUT2D eigenvalue weighted by molar-refractivity contribution is -0.117. The second-order valence-electron chi connectivity index (χ2n) is 12.4. The Bertz CT molecular complexity index is 1860. The number of halogens is 2. The van der Waals surface area contributed by atoms with Gasteiger partial charge in [0.15, 0.2) is 0 Å². The van der Waals surface area contributed by atoms with Crippen LogP contribution < -0.4 is 14.8 Å². The first-order valence-electron chi connectivity index (χ1n) is 15.5. The molecule has 12 heteroatoms. The number of Topliss-reactive ketones (excluding diaryl/α,β-unsaturated/α-hetero) is 1. The third kappa shape index (κ3) is 6.94. The molecule has 47 heavy (non-hydrogen) atoms. The van der Waals surface area contributed by atoms with Crippen LogP contribution in [0.4, 0.5) is 0 Å². The van der Waals surface area contributed by atoms with Crippen LogP contribution >= 0.6 is 23.2 Å². The highest BCUT2D eigenvalue weighted by Crippen LogP contribution is 2.42. The van der Waals surface area contributed by atoms with E-state index in [1.165, 1.54) is 0 Å². The van der Waals surface area contributed by atoms with Gasteiger partial charge in [0.05, 0.1) is 59.5 Å². The number of nitrogens with zero attached hydrogens (tertiary/aromatic N) is 6. The van der Waals surface area contributed by atoms with Gasteiger partial charge in [-0.1, -0.05) is 59.6 Å². The Morgan fingerprint density at radius 1 is 0.936 bits per heavy atom. The van der Waals surface area contributed by atoms with E-state index in [0.29, 0.717) is 106 Å². The Kier molecular flexibility index (Phi) is 9.71. The topological polar surface area (TPSA) is 126 Å². The number of hydrogen-bond donors (Lipinski definition) is 1. The SMILES string of the molecule is COc1nc(-c2cccc(-c3cccc(-c4cnc(CN5CC(C)(C#N)C5)c(OC)n4)c3Cl)c2Cl)cnc1CNC[C@@H]1CCC(=O)C1. The standard InChI is InChI=1S/C35H35Cl2N7O3/c1-35(18-38)19-44(20-35)17-30-34(47-3)43-28(16-41-30)26-9-5-7-24(32(26)37)23-6-4-8-25(31(23)36)27-15-40-29(33(42-27)46-2)14-39-13-21-10-11-22(45)12-21/h4-9,15-16,21,39H,10-14,17,19-20H2,1-3H3/t21-/m1/s1. The fourth-order valence-corrected chi connectivity index (χ4v) is 6.93. The number of nitriles is 1. The van der Waals surface area contributed by atoms with Gasteiger partial charge in [-0.2, -0.15) is 5.26 Å². The number of hydrogen-bond acceptors (Lipinski definition) is 10. The van der Waals surface area contributed by atoms with Crippen molar-refractivity contribution in [2.24, 2.45) is 11.3 Å². The first-order valence-corrected chi connectivity index (χ1v) is 16.2. The molecule has 6 rings (SSSR count). The van der Waals surface area contributed by atoms with Crippen LogP contribution in [0, 0.1) is 22.7 Å². The summed E-state index contributed by atoms with van der Waals surface area (Å²) in [6, 6.07) is 13.7. The zero-order valence-electron chi connectivity index (χ0n) is 26.5. The summed E-state index contributed by atoms with van der Waals surface area (Å²) in [5.74, 6) is 1.51. The van der Waals surface area contributed by atoms with Crippen LogP contribution in [0.5, 0.6) is 11.8 Å².